The molecular formula is C22H42O4. The molecule has 0 heterocycles. The van der Waals surface area contributed by atoms with Gasteiger partial charge in [-0.2, -0.15) is 0 Å². The van der Waals surface area contributed by atoms with E-state index in [0.29, 0.717) is 6.47 Å². The largest absolute Gasteiger partial charge is 0.481 e. The Morgan fingerprint density at radius 1 is 0.962 bits per heavy atom. The summed E-state index contributed by atoms with van der Waals surface area (Å²) in [6.45, 7) is 10.5. The van der Waals surface area contributed by atoms with E-state index >= 15 is 0 Å². The van der Waals surface area contributed by atoms with Crippen LogP contribution in [-0.4, -0.2) is 24.7 Å². The number of carbonyl (C=O) groups excluding carboxylic acids is 1. The molecule has 0 aromatic carbocycles. The molecular weight excluding hydrogens is 328 g/mol. The van der Waals surface area contributed by atoms with Crippen molar-refractivity contribution in [3.05, 3.63) is 0 Å². The zero-order valence-electron chi connectivity index (χ0n) is 17.9. The molecule has 0 bridgehead atoms. The number of hydrogen-bond acceptors (Lipinski definition) is 3. The standard InChI is InChI=1S/C16H28.2C2H4O2.C2H6/c1-11-6-8-15-13(10-11)7-9-14-12(2)4-3-5-16(14)15;1-4-2-3;1-2(3)4;1-2/h11-16H,3-10H2,1-2H3;2H,1H3;1H3,(H,3,4);1-2H3. The van der Waals surface area contributed by atoms with Crippen molar-refractivity contribution in [2.75, 3.05) is 7.11 Å². The van der Waals surface area contributed by atoms with Gasteiger partial charge in [-0.05, 0) is 67.6 Å². The normalized spacial score (nSPS) is 34.5. The van der Waals surface area contributed by atoms with E-state index in [-0.39, 0.29) is 0 Å². The predicted octanol–water partition coefficient (Wildman–Crippen LogP) is 5.79. The van der Waals surface area contributed by atoms with E-state index in [1.807, 2.05) is 13.8 Å². The second-order valence-corrected chi connectivity index (χ2v) is 8.01. The second kappa shape index (κ2) is 14.1. The lowest BCUT2D eigenvalue weighted by Crippen LogP contribution is -2.42. The molecule has 6 atom stereocenters. The molecule has 1 N–H and O–H groups in total. The Kier molecular flexibility index (Phi) is 13.5. The van der Waals surface area contributed by atoms with Crippen LogP contribution in [0, 0.1) is 35.5 Å². The van der Waals surface area contributed by atoms with E-state index in [2.05, 4.69) is 18.6 Å². The van der Waals surface area contributed by atoms with Crippen molar-refractivity contribution in [1.29, 1.82) is 0 Å². The molecule has 26 heavy (non-hydrogen) atoms. The first kappa shape index (κ1) is 24.9. The van der Waals surface area contributed by atoms with Crippen LogP contribution in [-0.2, 0) is 14.3 Å². The topological polar surface area (TPSA) is 63.6 Å². The number of methoxy groups -OCH3 is 1. The number of rotatable bonds is 1. The number of carboxylic acids is 1. The summed E-state index contributed by atoms with van der Waals surface area (Å²) in [6, 6.07) is 0. The maximum atomic E-state index is 9.00. The number of aliphatic carboxylic acids is 1. The second-order valence-electron chi connectivity index (χ2n) is 8.01. The molecule has 4 nitrogen and oxygen atoms in total. The van der Waals surface area contributed by atoms with Gasteiger partial charge in [-0.25, -0.2) is 0 Å². The predicted molar refractivity (Wildman–Crippen MR) is 107 cm³/mol. The van der Waals surface area contributed by atoms with Crippen LogP contribution in [0.2, 0.25) is 0 Å². The smallest absolute Gasteiger partial charge is 0.300 e. The summed E-state index contributed by atoms with van der Waals surface area (Å²) in [4.78, 5) is 18.0. The molecule has 3 aliphatic rings. The molecule has 0 radical (unpaired) electrons. The molecule has 3 saturated carbocycles. The Hall–Kier alpha value is -1.06. The third kappa shape index (κ3) is 8.55. The van der Waals surface area contributed by atoms with Gasteiger partial charge in [0.2, 0.25) is 0 Å². The van der Waals surface area contributed by atoms with Crippen molar-refractivity contribution < 1.29 is 19.4 Å². The van der Waals surface area contributed by atoms with E-state index in [1.165, 1.54) is 26.4 Å². The zero-order chi connectivity index (χ0) is 20.1. The monoisotopic (exact) mass is 370 g/mol. The van der Waals surface area contributed by atoms with Crippen molar-refractivity contribution in [3.8, 4) is 0 Å². The van der Waals surface area contributed by atoms with Crippen LogP contribution in [0.1, 0.15) is 86.0 Å². The fraction of sp³-hybridized carbons (Fsp3) is 0.909. The Morgan fingerprint density at radius 3 is 2.04 bits per heavy atom. The van der Waals surface area contributed by atoms with E-state index in [4.69, 9.17) is 14.7 Å². The average Bonchev–Trinajstić information content (AvgIpc) is 2.63. The number of carboxylic acid groups (broad SMARTS) is 1. The minimum absolute atomic E-state index is 0.375. The molecule has 0 aromatic rings. The first-order chi connectivity index (χ1) is 12.4. The van der Waals surface area contributed by atoms with Crippen LogP contribution in [0.3, 0.4) is 0 Å². The third-order valence-electron chi connectivity index (χ3n) is 6.30. The van der Waals surface area contributed by atoms with Crippen LogP contribution in [0.15, 0.2) is 0 Å². The molecule has 4 heteroatoms. The van der Waals surface area contributed by atoms with Crippen molar-refractivity contribution in [3.63, 3.8) is 0 Å². The molecule has 3 aliphatic carbocycles. The summed E-state index contributed by atoms with van der Waals surface area (Å²) < 4.78 is 3.86. The highest BCUT2D eigenvalue weighted by atomic mass is 16.5. The van der Waals surface area contributed by atoms with Gasteiger partial charge >= 0.3 is 0 Å². The molecule has 3 fully saturated rings. The quantitative estimate of drug-likeness (QED) is 0.593. The highest BCUT2D eigenvalue weighted by Gasteiger charge is 2.44. The van der Waals surface area contributed by atoms with Gasteiger partial charge in [0.05, 0.1) is 7.11 Å². The van der Waals surface area contributed by atoms with Crippen LogP contribution in [0.5, 0.6) is 0 Å². The highest BCUT2D eigenvalue weighted by molar-refractivity contribution is 5.62. The van der Waals surface area contributed by atoms with Gasteiger partial charge in [0.1, 0.15) is 0 Å². The number of carbonyl (C=O) groups is 2. The van der Waals surface area contributed by atoms with Crippen molar-refractivity contribution in [2.24, 2.45) is 35.5 Å². The summed E-state index contributed by atoms with van der Waals surface area (Å²) >= 11 is 0. The van der Waals surface area contributed by atoms with Gasteiger partial charge in [-0.3, -0.25) is 9.59 Å². The molecule has 0 saturated heterocycles. The molecule has 154 valence electrons. The third-order valence-corrected chi connectivity index (χ3v) is 6.30. The van der Waals surface area contributed by atoms with E-state index in [9.17, 15) is 0 Å². The van der Waals surface area contributed by atoms with Crippen LogP contribution >= 0.6 is 0 Å². The summed E-state index contributed by atoms with van der Waals surface area (Å²) in [5, 5.41) is 7.42. The molecule has 3 rings (SSSR count). The Labute approximate surface area is 161 Å². The minimum Gasteiger partial charge on any atom is -0.481 e. The summed E-state index contributed by atoms with van der Waals surface area (Å²) in [6.07, 6.45) is 12.4. The average molecular weight is 371 g/mol. The first-order valence-electron chi connectivity index (χ1n) is 10.6. The fourth-order valence-electron chi connectivity index (χ4n) is 5.38. The Balaban J connectivity index is 0.000000529. The maximum absolute atomic E-state index is 9.00. The number of ether oxygens (including phenoxy) is 1. The van der Waals surface area contributed by atoms with Crippen molar-refractivity contribution in [1.82, 2.24) is 0 Å². The summed E-state index contributed by atoms with van der Waals surface area (Å²) in [5.41, 5.74) is 0. The lowest BCUT2D eigenvalue weighted by atomic mass is 9.54. The van der Waals surface area contributed by atoms with Crippen molar-refractivity contribution in [2.45, 2.75) is 86.0 Å². The summed E-state index contributed by atoms with van der Waals surface area (Å²) in [7, 11) is 1.31. The first-order valence-corrected chi connectivity index (χ1v) is 10.6. The summed E-state index contributed by atoms with van der Waals surface area (Å²) in [5.74, 6) is 5.74. The van der Waals surface area contributed by atoms with Crippen molar-refractivity contribution >= 4 is 12.4 Å². The molecule has 0 amide bonds. The van der Waals surface area contributed by atoms with Crippen LogP contribution in [0.4, 0.5) is 0 Å². The number of hydrogen-bond donors (Lipinski definition) is 1. The lowest BCUT2D eigenvalue weighted by Gasteiger charge is -2.51. The van der Waals surface area contributed by atoms with Gasteiger partial charge in [0.25, 0.3) is 12.4 Å². The molecule has 0 aliphatic heterocycles. The minimum atomic E-state index is -0.833. The van der Waals surface area contributed by atoms with Gasteiger partial charge < -0.3 is 9.84 Å². The zero-order valence-corrected chi connectivity index (χ0v) is 17.9. The molecule has 6 unspecified atom stereocenters. The van der Waals surface area contributed by atoms with E-state index in [1.54, 1.807) is 32.1 Å². The van der Waals surface area contributed by atoms with Gasteiger partial charge in [0.15, 0.2) is 0 Å². The maximum Gasteiger partial charge on any atom is 0.300 e. The van der Waals surface area contributed by atoms with E-state index in [0.717, 1.165) is 42.4 Å². The SMILES string of the molecule is CC.CC(=O)O.CC1CCC2C(CCC3C(C)CCCC32)C1.COC=O. The lowest BCUT2D eigenvalue weighted by molar-refractivity contribution is -0.134. The van der Waals surface area contributed by atoms with Gasteiger partial charge in [0, 0.05) is 6.92 Å². The van der Waals surface area contributed by atoms with Gasteiger partial charge in [-0.15, -0.1) is 0 Å². The van der Waals surface area contributed by atoms with Gasteiger partial charge in [-0.1, -0.05) is 47.0 Å². The van der Waals surface area contributed by atoms with E-state index < -0.39 is 5.97 Å². The van der Waals surface area contributed by atoms with Crippen LogP contribution in [0.25, 0.3) is 0 Å². The highest BCUT2D eigenvalue weighted by Crippen LogP contribution is 2.53. The fourth-order valence-corrected chi connectivity index (χ4v) is 5.38. The Bertz CT molecular complexity index is 378. The molecule has 0 aromatic heterocycles. The Morgan fingerprint density at radius 2 is 1.50 bits per heavy atom. The van der Waals surface area contributed by atoms with Crippen LogP contribution < -0.4 is 0 Å². The molecule has 0 spiro atoms. The number of fused-ring (bicyclic) bond motifs is 3.